The zero-order valence-electron chi connectivity index (χ0n) is 12.8. The number of hydrogen-bond donors (Lipinski definition) is 0. The normalized spacial score (nSPS) is 12.0. The summed E-state index contributed by atoms with van der Waals surface area (Å²) < 4.78 is 6.03. The number of nitriles is 1. The lowest BCUT2D eigenvalue weighted by atomic mass is 10.0. The van der Waals surface area contributed by atoms with Crippen LogP contribution in [0.15, 0.2) is 30.5 Å². The predicted octanol–water partition coefficient (Wildman–Crippen LogP) is 4.70. The first-order chi connectivity index (χ1) is 10.3. The lowest BCUT2D eigenvalue weighted by molar-refractivity contribution is 0.235. The topological polar surface area (TPSA) is 45.9 Å². The van der Waals surface area contributed by atoms with Gasteiger partial charge in [-0.3, -0.25) is 4.98 Å². The van der Waals surface area contributed by atoms with Gasteiger partial charge in [0.25, 0.3) is 0 Å². The molecule has 0 amide bonds. The van der Waals surface area contributed by atoms with Crippen LogP contribution < -0.4 is 4.74 Å². The summed E-state index contributed by atoms with van der Waals surface area (Å²) in [6.45, 7) is 5.07. The van der Waals surface area contributed by atoms with Crippen molar-refractivity contribution in [1.82, 2.24) is 4.98 Å². The summed E-state index contributed by atoms with van der Waals surface area (Å²) in [5, 5.41) is 10.2. The van der Waals surface area contributed by atoms with E-state index in [1.54, 1.807) is 6.20 Å². The van der Waals surface area contributed by atoms with Crippen molar-refractivity contribution < 1.29 is 4.74 Å². The summed E-state index contributed by atoms with van der Waals surface area (Å²) >= 11 is 0. The van der Waals surface area contributed by atoms with Gasteiger partial charge in [-0.2, -0.15) is 5.26 Å². The fraction of sp³-hybridized carbons (Fsp3) is 0.444. The molecular weight excluding hydrogens is 260 g/mol. The van der Waals surface area contributed by atoms with Crippen molar-refractivity contribution in [3.05, 3.63) is 36.0 Å². The van der Waals surface area contributed by atoms with Gasteiger partial charge in [0, 0.05) is 11.6 Å². The lowest BCUT2D eigenvalue weighted by Crippen LogP contribution is -2.12. The van der Waals surface area contributed by atoms with Crippen LogP contribution in [0.25, 0.3) is 10.9 Å². The van der Waals surface area contributed by atoms with E-state index in [2.05, 4.69) is 24.9 Å². The zero-order chi connectivity index (χ0) is 15.1. The highest BCUT2D eigenvalue weighted by molar-refractivity contribution is 5.87. The largest absolute Gasteiger partial charge is 0.491 e. The molecule has 0 aliphatic rings. The number of benzene rings is 1. The molecule has 0 fully saturated rings. The van der Waals surface area contributed by atoms with E-state index in [1.165, 1.54) is 19.3 Å². The number of aromatic nitrogens is 1. The third-order valence-electron chi connectivity index (χ3n) is 3.85. The highest BCUT2D eigenvalue weighted by Crippen LogP contribution is 2.28. The van der Waals surface area contributed by atoms with Gasteiger partial charge < -0.3 is 4.74 Å². The van der Waals surface area contributed by atoms with Gasteiger partial charge in [0.05, 0.1) is 12.1 Å². The van der Waals surface area contributed by atoms with Crippen LogP contribution in [0.4, 0.5) is 0 Å². The molecule has 1 aromatic carbocycles. The second-order valence-electron chi connectivity index (χ2n) is 5.36. The lowest BCUT2D eigenvalue weighted by Gasteiger charge is -2.17. The number of unbranched alkanes of at least 4 members (excludes halogenated alkanes) is 1. The van der Waals surface area contributed by atoms with Crippen molar-refractivity contribution in [1.29, 1.82) is 5.26 Å². The molecule has 2 aromatic rings. The van der Waals surface area contributed by atoms with Crippen LogP contribution >= 0.6 is 0 Å². The molecule has 1 unspecified atom stereocenters. The molecule has 0 saturated carbocycles. The maximum Gasteiger partial charge on any atom is 0.148 e. The number of para-hydroxylation sites is 1. The van der Waals surface area contributed by atoms with Crippen LogP contribution in [-0.2, 0) is 0 Å². The second-order valence-corrected chi connectivity index (χ2v) is 5.36. The van der Waals surface area contributed by atoms with E-state index >= 15 is 0 Å². The highest BCUT2D eigenvalue weighted by Gasteiger charge is 2.13. The predicted molar refractivity (Wildman–Crippen MR) is 85.3 cm³/mol. The summed E-state index contributed by atoms with van der Waals surface area (Å²) in [5.74, 6) is 1.22. The smallest absolute Gasteiger partial charge is 0.148 e. The van der Waals surface area contributed by atoms with E-state index in [1.807, 2.05) is 24.3 Å². The fourth-order valence-corrected chi connectivity index (χ4v) is 2.45. The number of rotatable bonds is 7. The first-order valence-corrected chi connectivity index (χ1v) is 7.70. The monoisotopic (exact) mass is 282 g/mol. The molecule has 0 aliphatic carbocycles. The Morgan fingerprint density at radius 2 is 2.10 bits per heavy atom. The standard InChI is InChI=1S/C18H22N2O/c1-3-5-8-14(4-2)13-21-18-15(11-19)12-20-17-10-7-6-9-16(17)18/h6-7,9-10,12,14H,3-5,8,13H2,1-2H3. The van der Waals surface area contributed by atoms with Gasteiger partial charge in [-0.15, -0.1) is 0 Å². The zero-order valence-corrected chi connectivity index (χ0v) is 12.8. The van der Waals surface area contributed by atoms with E-state index in [9.17, 15) is 5.26 Å². The van der Waals surface area contributed by atoms with Crippen molar-refractivity contribution in [2.24, 2.45) is 5.92 Å². The van der Waals surface area contributed by atoms with Crippen LogP contribution in [0.5, 0.6) is 5.75 Å². The molecule has 21 heavy (non-hydrogen) atoms. The molecule has 0 spiro atoms. The van der Waals surface area contributed by atoms with E-state index in [0.29, 0.717) is 23.8 Å². The molecular formula is C18H22N2O. The Labute approximate surface area is 126 Å². The SMILES string of the molecule is CCCCC(CC)COc1c(C#N)cnc2ccccc12. The molecule has 1 heterocycles. The van der Waals surface area contributed by atoms with Gasteiger partial charge in [0.2, 0.25) is 0 Å². The first-order valence-electron chi connectivity index (χ1n) is 7.70. The Morgan fingerprint density at radius 3 is 2.81 bits per heavy atom. The molecule has 0 saturated heterocycles. The van der Waals surface area contributed by atoms with Gasteiger partial charge in [-0.25, -0.2) is 0 Å². The van der Waals surface area contributed by atoms with E-state index in [4.69, 9.17) is 4.74 Å². The molecule has 0 aliphatic heterocycles. The Kier molecular flexibility index (Phi) is 5.57. The van der Waals surface area contributed by atoms with E-state index < -0.39 is 0 Å². The molecule has 2 rings (SSSR count). The van der Waals surface area contributed by atoms with E-state index in [-0.39, 0.29) is 0 Å². The Balaban J connectivity index is 2.22. The molecule has 1 aromatic heterocycles. The van der Waals surface area contributed by atoms with Gasteiger partial charge in [0.1, 0.15) is 17.4 Å². The first kappa shape index (κ1) is 15.3. The Morgan fingerprint density at radius 1 is 1.29 bits per heavy atom. The van der Waals surface area contributed by atoms with Gasteiger partial charge in [-0.05, 0) is 24.5 Å². The van der Waals surface area contributed by atoms with Crippen molar-refractivity contribution in [3.63, 3.8) is 0 Å². The maximum atomic E-state index is 9.27. The average Bonchev–Trinajstić information content (AvgIpc) is 2.54. The Hall–Kier alpha value is -2.08. The van der Waals surface area contributed by atoms with Crippen LogP contribution in [0, 0.1) is 17.2 Å². The maximum absolute atomic E-state index is 9.27. The molecule has 0 bridgehead atoms. The average molecular weight is 282 g/mol. The number of fused-ring (bicyclic) bond motifs is 1. The molecule has 1 atom stereocenters. The van der Waals surface area contributed by atoms with Crippen LogP contribution in [0.2, 0.25) is 0 Å². The van der Waals surface area contributed by atoms with Crippen LogP contribution in [0.3, 0.4) is 0 Å². The van der Waals surface area contributed by atoms with Gasteiger partial charge >= 0.3 is 0 Å². The second kappa shape index (κ2) is 7.64. The number of ether oxygens (including phenoxy) is 1. The number of pyridine rings is 1. The van der Waals surface area contributed by atoms with Gasteiger partial charge in [-0.1, -0.05) is 45.2 Å². The quantitative estimate of drug-likeness (QED) is 0.739. The fourth-order valence-electron chi connectivity index (χ4n) is 2.45. The number of nitrogens with zero attached hydrogens (tertiary/aromatic N) is 2. The number of hydrogen-bond acceptors (Lipinski definition) is 3. The molecule has 0 radical (unpaired) electrons. The highest BCUT2D eigenvalue weighted by atomic mass is 16.5. The van der Waals surface area contributed by atoms with Crippen molar-refractivity contribution in [3.8, 4) is 11.8 Å². The summed E-state index contributed by atoms with van der Waals surface area (Å²) in [6, 6.07) is 9.99. The molecule has 3 heteroatoms. The molecule has 0 N–H and O–H groups in total. The van der Waals surface area contributed by atoms with Gasteiger partial charge in [0.15, 0.2) is 0 Å². The third-order valence-corrected chi connectivity index (χ3v) is 3.85. The minimum Gasteiger partial charge on any atom is -0.491 e. The van der Waals surface area contributed by atoms with E-state index in [0.717, 1.165) is 17.3 Å². The van der Waals surface area contributed by atoms with Crippen molar-refractivity contribution in [2.45, 2.75) is 39.5 Å². The van der Waals surface area contributed by atoms with Crippen molar-refractivity contribution >= 4 is 10.9 Å². The minimum absolute atomic E-state index is 0.513. The summed E-state index contributed by atoms with van der Waals surface area (Å²) in [6.07, 6.45) is 6.32. The minimum atomic E-state index is 0.513. The summed E-state index contributed by atoms with van der Waals surface area (Å²) in [4.78, 5) is 4.31. The van der Waals surface area contributed by atoms with Crippen LogP contribution in [0.1, 0.15) is 45.1 Å². The molecule has 110 valence electrons. The molecule has 3 nitrogen and oxygen atoms in total. The third kappa shape index (κ3) is 3.72. The Bertz CT molecular complexity index is 631. The van der Waals surface area contributed by atoms with Crippen molar-refractivity contribution in [2.75, 3.05) is 6.61 Å². The summed E-state index contributed by atoms with van der Waals surface area (Å²) in [5.41, 5.74) is 1.38. The van der Waals surface area contributed by atoms with Crippen LogP contribution in [-0.4, -0.2) is 11.6 Å². The summed E-state index contributed by atoms with van der Waals surface area (Å²) in [7, 11) is 0.